The van der Waals surface area contributed by atoms with Gasteiger partial charge < -0.3 is 5.73 Å². The molecular formula is C6H12N4O2S. The van der Waals surface area contributed by atoms with E-state index in [1.807, 2.05) is 0 Å². The molecule has 74 valence electrons. The van der Waals surface area contributed by atoms with Crippen LogP contribution in [0.15, 0.2) is 6.20 Å². The van der Waals surface area contributed by atoms with Crippen LogP contribution >= 0.6 is 0 Å². The number of aromatic nitrogens is 3. The van der Waals surface area contributed by atoms with Gasteiger partial charge in [0.15, 0.2) is 0 Å². The molecule has 7 heteroatoms. The minimum absolute atomic E-state index is 0.0891. The van der Waals surface area contributed by atoms with Crippen molar-refractivity contribution in [3.8, 4) is 0 Å². The van der Waals surface area contributed by atoms with E-state index in [2.05, 4.69) is 10.3 Å². The molecule has 0 saturated heterocycles. The van der Waals surface area contributed by atoms with Gasteiger partial charge in [-0.2, -0.15) is 0 Å². The zero-order valence-corrected chi connectivity index (χ0v) is 8.32. The Kier molecular flexibility index (Phi) is 2.67. The second kappa shape index (κ2) is 3.43. The highest BCUT2D eigenvalue weighted by molar-refractivity contribution is 7.90. The SMILES string of the molecule is Cn1nncc1C(N)CS(C)(=O)=O. The molecule has 0 fully saturated rings. The first-order valence-electron chi connectivity index (χ1n) is 3.68. The second-order valence-corrected chi connectivity index (χ2v) is 5.17. The van der Waals surface area contributed by atoms with Gasteiger partial charge in [-0.25, -0.2) is 8.42 Å². The van der Waals surface area contributed by atoms with Gasteiger partial charge in [-0.3, -0.25) is 4.68 Å². The predicted octanol–water partition coefficient (Wildman–Crippen LogP) is -1.14. The topological polar surface area (TPSA) is 90.9 Å². The summed E-state index contributed by atoms with van der Waals surface area (Å²) in [5.41, 5.74) is 6.26. The van der Waals surface area contributed by atoms with E-state index in [-0.39, 0.29) is 5.75 Å². The maximum absolute atomic E-state index is 10.9. The molecule has 1 rings (SSSR count). The number of sulfone groups is 1. The summed E-state index contributed by atoms with van der Waals surface area (Å²) in [5.74, 6) is -0.0891. The van der Waals surface area contributed by atoms with Crippen molar-refractivity contribution >= 4 is 9.84 Å². The first-order chi connectivity index (χ1) is 5.90. The highest BCUT2D eigenvalue weighted by Crippen LogP contribution is 2.08. The fourth-order valence-electron chi connectivity index (χ4n) is 1.04. The lowest BCUT2D eigenvalue weighted by atomic mass is 10.3. The standard InChI is InChI=1S/C6H12N4O2S/c1-10-6(3-8-9-10)5(7)4-13(2,11)12/h3,5H,4,7H2,1-2H3. The van der Waals surface area contributed by atoms with Gasteiger partial charge in [0.2, 0.25) is 0 Å². The van der Waals surface area contributed by atoms with E-state index >= 15 is 0 Å². The molecule has 0 spiro atoms. The van der Waals surface area contributed by atoms with Crippen molar-refractivity contribution in [3.05, 3.63) is 11.9 Å². The molecule has 0 aromatic carbocycles. The lowest BCUT2D eigenvalue weighted by Gasteiger charge is -2.08. The van der Waals surface area contributed by atoms with Crippen molar-refractivity contribution in [2.45, 2.75) is 6.04 Å². The van der Waals surface area contributed by atoms with E-state index in [0.29, 0.717) is 5.69 Å². The number of nitrogens with two attached hydrogens (primary N) is 1. The highest BCUT2D eigenvalue weighted by Gasteiger charge is 2.16. The van der Waals surface area contributed by atoms with Crippen molar-refractivity contribution in [2.24, 2.45) is 12.8 Å². The molecule has 0 saturated carbocycles. The summed E-state index contributed by atoms with van der Waals surface area (Å²) in [6.45, 7) is 0. The molecule has 1 atom stereocenters. The van der Waals surface area contributed by atoms with E-state index in [9.17, 15) is 8.42 Å². The Morgan fingerprint density at radius 1 is 1.69 bits per heavy atom. The van der Waals surface area contributed by atoms with Crippen LogP contribution in [0, 0.1) is 0 Å². The van der Waals surface area contributed by atoms with Gasteiger partial charge in [0, 0.05) is 13.3 Å². The summed E-state index contributed by atoms with van der Waals surface area (Å²) >= 11 is 0. The molecule has 13 heavy (non-hydrogen) atoms. The van der Waals surface area contributed by atoms with Crippen LogP contribution < -0.4 is 5.73 Å². The molecule has 0 aliphatic carbocycles. The summed E-state index contributed by atoms with van der Waals surface area (Å²) in [5, 5.41) is 7.27. The summed E-state index contributed by atoms with van der Waals surface area (Å²) in [6, 6.07) is -0.560. The van der Waals surface area contributed by atoms with Crippen molar-refractivity contribution in [1.82, 2.24) is 15.0 Å². The van der Waals surface area contributed by atoms with E-state index in [1.54, 1.807) is 7.05 Å². The molecular weight excluding hydrogens is 192 g/mol. The molecule has 0 radical (unpaired) electrons. The molecule has 0 aliphatic rings. The highest BCUT2D eigenvalue weighted by atomic mass is 32.2. The van der Waals surface area contributed by atoms with Crippen molar-refractivity contribution in [1.29, 1.82) is 0 Å². The van der Waals surface area contributed by atoms with Crippen LogP contribution in [0.4, 0.5) is 0 Å². The Labute approximate surface area is 76.7 Å². The van der Waals surface area contributed by atoms with Crippen LogP contribution in [0.25, 0.3) is 0 Å². The van der Waals surface area contributed by atoms with Crippen molar-refractivity contribution in [2.75, 3.05) is 12.0 Å². The first kappa shape index (κ1) is 10.1. The molecule has 6 nitrogen and oxygen atoms in total. The van der Waals surface area contributed by atoms with Crippen LogP contribution in [-0.2, 0) is 16.9 Å². The molecule has 0 amide bonds. The van der Waals surface area contributed by atoms with Crippen LogP contribution in [-0.4, -0.2) is 35.4 Å². The normalized spacial score (nSPS) is 14.4. The minimum Gasteiger partial charge on any atom is -0.322 e. The number of nitrogens with zero attached hydrogens (tertiary/aromatic N) is 3. The van der Waals surface area contributed by atoms with Gasteiger partial charge in [-0.1, -0.05) is 5.21 Å². The molecule has 0 aliphatic heterocycles. The minimum atomic E-state index is -3.06. The number of hydrogen-bond donors (Lipinski definition) is 1. The molecule has 1 unspecified atom stereocenters. The smallest absolute Gasteiger partial charge is 0.149 e. The molecule has 1 heterocycles. The van der Waals surface area contributed by atoms with E-state index < -0.39 is 15.9 Å². The summed E-state index contributed by atoms with van der Waals surface area (Å²) in [6.07, 6.45) is 2.62. The van der Waals surface area contributed by atoms with Gasteiger partial charge in [0.25, 0.3) is 0 Å². The Hall–Kier alpha value is -0.950. The molecule has 2 N–H and O–H groups in total. The predicted molar refractivity (Wildman–Crippen MR) is 47.6 cm³/mol. The fraction of sp³-hybridized carbons (Fsp3) is 0.667. The third-order valence-electron chi connectivity index (χ3n) is 1.61. The van der Waals surface area contributed by atoms with Crippen molar-refractivity contribution in [3.63, 3.8) is 0 Å². The molecule has 0 bridgehead atoms. The van der Waals surface area contributed by atoms with Gasteiger partial charge in [0.05, 0.1) is 23.7 Å². The lowest BCUT2D eigenvalue weighted by molar-refractivity contribution is 0.585. The van der Waals surface area contributed by atoms with Gasteiger partial charge in [-0.05, 0) is 0 Å². The average Bonchev–Trinajstić information content (AvgIpc) is 2.30. The molecule has 1 aromatic rings. The number of aryl methyl sites for hydroxylation is 1. The average molecular weight is 204 g/mol. The van der Waals surface area contributed by atoms with E-state index in [4.69, 9.17) is 5.73 Å². The Morgan fingerprint density at radius 2 is 2.31 bits per heavy atom. The van der Waals surface area contributed by atoms with Gasteiger partial charge in [-0.15, -0.1) is 5.10 Å². The lowest BCUT2D eigenvalue weighted by Crippen LogP contribution is -2.23. The second-order valence-electron chi connectivity index (χ2n) is 2.98. The van der Waals surface area contributed by atoms with Gasteiger partial charge in [0.1, 0.15) is 9.84 Å². The molecule has 1 aromatic heterocycles. The summed E-state index contributed by atoms with van der Waals surface area (Å²) < 4.78 is 23.3. The Morgan fingerprint density at radius 3 is 2.69 bits per heavy atom. The summed E-state index contributed by atoms with van der Waals surface area (Å²) in [4.78, 5) is 0. The van der Waals surface area contributed by atoms with Gasteiger partial charge >= 0.3 is 0 Å². The quantitative estimate of drug-likeness (QED) is 0.672. The van der Waals surface area contributed by atoms with Crippen LogP contribution in [0.3, 0.4) is 0 Å². The number of hydrogen-bond acceptors (Lipinski definition) is 5. The van der Waals surface area contributed by atoms with Crippen molar-refractivity contribution < 1.29 is 8.42 Å². The maximum atomic E-state index is 10.9. The first-order valence-corrected chi connectivity index (χ1v) is 5.74. The zero-order chi connectivity index (χ0) is 10.1. The summed E-state index contributed by atoms with van der Waals surface area (Å²) in [7, 11) is -1.39. The Balaban J connectivity index is 2.81. The monoisotopic (exact) mass is 204 g/mol. The van der Waals surface area contributed by atoms with Crippen LogP contribution in [0.5, 0.6) is 0 Å². The van der Waals surface area contributed by atoms with Crippen LogP contribution in [0.2, 0.25) is 0 Å². The van der Waals surface area contributed by atoms with E-state index in [1.165, 1.54) is 10.9 Å². The van der Waals surface area contributed by atoms with Crippen LogP contribution in [0.1, 0.15) is 11.7 Å². The third-order valence-corrected chi connectivity index (χ3v) is 2.58. The number of rotatable bonds is 3. The fourth-order valence-corrected chi connectivity index (χ4v) is 1.87. The largest absolute Gasteiger partial charge is 0.322 e. The zero-order valence-electron chi connectivity index (χ0n) is 7.51. The third kappa shape index (κ3) is 2.78. The maximum Gasteiger partial charge on any atom is 0.149 e. The Bertz CT molecular complexity index is 383. The van der Waals surface area contributed by atoms with E-state index in [0.717, 1.165) is 6.26 Å².